The van der Waals surface area contributed by atoms with E-state index in [-0.39, 0.29) is 0 Å². The van der Waals surface area contributed by atoms with E-state index < -0.39 is 0 Å². The highest BCUT2D eigenvalue weighted by Crippen LogP contribution is 2.27. The van der Waals surface area contributed by atoms with E-state index >= 15 is 0 Å². The summed E-state index contributed by atoms with van der Waals surface area (Å²) in [5.74, 6) is 2.17. The summed E-state index contributed by atoms with van der Waals surface area (Å²) in [5.41, 5.74) is 2.11. The zero-order valence-corrected chi connectivity index (χ0v) is 10.7. The van der Waals surface area contributed by atoms with Crippen molar-refractivity contribution in [1.82, 2.24) is 15.3 Å². The van der Waals surface area contributed by atoms with Crippen LogP contribution in [0.25, 0.3) is 0 Å². The van der Waals surface area contributed by atoms with Crippen molar-refractivity contribution in [2.75, 3.05) is 13.7 Å². The van der Waals surface area contributed by atoms with Crippen LogP contribution in [0, 0.1) is 0 Å². The minimum Gasteiger partial charge on any atom is -0.497 e. The number of methoxy groups -OCH3 is 1. The molecule has 0 unspecified atom stereocenters. The lowest BCUT2D eigenvalue weighted by atomic mass is 10.1. The molecule has 0 saturated heterocycles. The molecule has 0 amide bonds. The molecule has 19 heavy (non-hydrogen) atoms. The van der Waals surface area contributed by atoms with Crippen molar-refractivity contribution >= 4 is 0 Å². The molecule has 0 atom stereocenters. The summed E-state index contributed by atoms with van der Waals surface area (Å²) in [6.45, 7) is 1.70. The Kier molecular flexibility index (Phi) is 3.29. The van der Waals surface area contributed by atoms with Crippen molar-refractivity contribution in [3.8, 4) is 17.4 Å². The molecule has 5 heteroatoms. The van der Waals surface area contributed by atoms with Gasteiger partial charge in [0, 0.05) is 19.5 Å². The number of ether oxygens (including phenoxy) is 2. The summed E-state index contributed by atoms with van der Waals surface area (Å²) >= 11 is 0. The summed E-state index contributed by atoms with van der Waals surface area (Å²) in [4.78, 5) is 8.52. The van der Waals surface area contributed by atoms with Gasteiger partial charge in [0.1, 0.15) is 17.8 Å². The third-order valence-corrected chi connectivity index (χ3v) is 3.11. The van der Waals surface area contributed by atoms with Crippen molar-refractivity contribution in [1.29, 1.82) is 0 Å². The number of hydrogen-bond acceptors (Lipinski definition) is 5. The Labute approximate surface area is 111 Å². The number of nitrogens with one attached hydrogen (secondary N) is 1. The molecular formula is C14H15N3O2. The fourth-order valence-corrected chi connectivity index (χ4v) is 2.09. The van der Waals surface area contributed by atoms with Crippen LogP contribution in [0.5, 0.6) is 17.4 Å². The van der Waals surface area contributed by atoms with Gasteiger partial charge in [0.05, 0.1) is 18.4 Å². The van der Waals surface area contributed by atoms with Crippen LogP contribution in [0.2, 0.25) is 0 Å². The number of benzene rings is 1. The Balaban J connectivity index is 1.86. The summed E-state index contributed by atoms with van der Waals surface area (Å²) < 4.78 is 10.9. The first kappa shape index (κ1) is 11.9. The largest absolute Gasteiger partial charge is 0.497 e. The molecule has 0 saturated carbocycles. The lowest BCUT2D eigenvalue weighted by molar-refractivity contribution is 0.411. The fraction of sp³-hybridized carbons (Fsp3) is 0.286. The molecule has 0 fully saturated rings. The third-order valence-electron chi connectivity index (χ3n) is 3.11. The summed E-state index contributed by atoms with van der Waals surface area (Å²) in [7, 11) is 1.64. The molecule has 0 aliphatic carbocycles. The van der Waals surface area contributed by atoms with E-state index in [0.29, 0.717) is 5.88 Å². The zero-order valence-electron chi connectivity index (χ0n) is 10.7. The molecule has 0 bridgehead atoms. The van der Waals surface area contributed by atoms with Gasteiger partial charge in [-0.05, 0) is 24.3 Å². The average molecular weight is 257 g/mol. The maximum Gasteiger partial charge on any atom is 0.227 e. The molecule has 98 valence electrons. The Hall–Kier alpha value is -2.14. The number of rotatable bonds is 3. The second-order valence-electron chi connectivity index (χ2n) is 4.31. The lowest BCUT2D eigenvalue weighted by Crippen LogP contribution is -2.25. The summed E-state index contributed by atoms with van der Waals surface area (Å²) in [5, 5.41) is 3.31. The molecule has 0 spiro atoms. The Morgan fingerprint density at radius 1 is 1.11 bits per heavy atom. The maximum absolute atomic E-state index is 5.83. The Morgan fingerprint density at radius 3 is 2.68 bits per heavy atom. The molecule has 1 N–H and O–H groups in total. The monoisotopic (exact) mass is 257 g/mol. The highest BCUT2D eigenvalue weighted by molar-refractivity contribution is 5.37. The lowest BCUT2D eigenvalue weighted by Gasteiger charge is -2.18. The number of hydrogen-bond donors (Lipinski definition) is 1. The molecule has 3 rings (SSSR count). The van der Waals surface area contributed by atoms with Crippen molar-refractivity contribution in [2.45, 2.75) is 13.0 Å². The van der Waals surface area contributed by atoms with Crippen LogP contribution in [-0.4, -0.2) is 23.6 Å². The number of fused-ring (bicyclic) bond motifs is 1. The van der Waals surface area contributed by atoms with Gasteiger partial charge in [0.2, 0.25) is 5.88 Å². The number of aromatic nitrogens is 2. The van der Waals surface area contributed by atoms with Gasteiger partial charge < -0.3 is 14.8 Å². The maximum atomic E-state index is 5.83. The molecule has 2 aromatic rings. The van der Waals surface area contributed by atoms with E-state index in [0.717, 1.165) is 42.3 Å². The van der Waals surface area contributed by atoms with Gasteiger partial charge in [-0.15, -0.1) is 0 Å². The standard InChI is InChI=1S/C14H15N3O2/c1-18-10-2-4-11(5-3-10)19-14-12-8-15-7-6-13(12)16-9-17-14/h2-5,9,15H,6-8H2,1H3. The van der Waals surface area contributed by atoms with Crippen LogP contribution in [0.1, 0.15) is 11.3 Å². The molecular weight excluding hydrogens is 242 g/mol. The highest BCUT2D eigenvalue weighted by Gasteiger charge is 2.16. The zero-order chi connectivity index (χ0) is 13.1. The van der Waals surface area contributed by atoms with Gasteiger partial charge in [-0.2, -0.15) is 0 Å². The van der Waals surface area contributed by atoms with E-state index in [2.05, 4.69) is 15.3 Å². The highest BCUT2D eigenvalue weighted by atomic mass is 16.5. The van der Waals surface area contributed by atoms with Gasteiger partial charge in [-0.3, -0.25) is 0 Å². The normalized spacial score (nSPS) is 13.7. The average Bonchev–Trinajstić information content (AvgIpc) is 2.48. The second kappa shape index (κ2) is 5.24. The van der Waals surface area contributed by atoms with Gasteiger partial charge in [-0.25, -0.2) is 9.97 Å². The Bertz CT molecular complexity index is 569. The minimum absolute atomic E-state index is 0.627. The molecule has 1 aliphatic heterocycles. The van der Waals surface area contributed by atoms with Crippen molar-refractivity contribution in [3.63, 3.8) is 0 Å². The van der Waals surface area contributed by atoms with E-state index in [9.17, 15) is 0 Å². The molecule has 1 aromatic heterocycles. The van der Waals surface area contributed by atoms with Crippen molar-refractivity contribution < 1.29 is 9.47 Å². The fourth-order valence-electron chi connectivity index (χ4n) is 2.09. The van der Waals surface area contributed by atoms with Crippen LogP contribution in [0.3, 0.4) is 0 Å². The first-order chi connectivity index (χ1) is 9.36. The number of nitrogens with zero attached hydrogens (tertiary/aromatic N) is 2. The van der Waals surface area contributed by atoms with Crippen LogP contribution >= 0.6 is 0 Å². The van der Waals surface area contributed by atoms with E-state index in [1.54, 1.807) is 13.4 Å². The van der Waals surface area contributed by atoms with Gasteiger partial charge >= 0.3 is 0 Å². The van der Waals surface area contributed by atoms with Crippen LogP contribution in [-0.2, 0) is 13.0 Å². The summed E-state index contributed by atoms with van der Waals surface area (Å²) in [6, 6.07) is 7.45. The molecule has 5 nitrogen and oxygen atoms in total. The van der Waals surface area contributed by atoms with Crippen molar-refractivity contribution in [2.24, 2.45) is 0 Å². The van der Waals surface area contributed by atoms with E-state index in [1.807, 2.05) is 24.3 Å². The molecule has 2 heterocycles. The SMILES string of the molecule is COc1ccc(Oc2ncnc3c2CNCC3)cc1. The third kappa shape index (κ3) is 2.51. The molecule has 0 radical (unpaired) electrons. The molecule has 1 aliphatic rings. The predicted octanol–water partition coefficient (Wildman–Crippen LogP) is 1.92. The Morgan fingerprint density at radius 2 is 1.89 bits per heavy atom. The van der Waals surface area contributed by atoms with Crippen molar-refractivity contribution in [3.05, 3.63) is 41.9 Å². The quantitative estimate of drug-likeness (QED) is 0.910. The summed E-state index contributed by atoms with van der Waals surface area (Å²) in [6.07, 6.45) is 2.47. The van der Waals surface area contributed by atoms with Gasteiger partial charge in [0.15, 0.2) is 0 Å². The topological polar surface area (TPSA) is 56.3 Å². The van der Waals surface area contributed by atoms with Crippen LogP contribution < -0.4 is 14.8 Å². The first-order valence-electron chi connectivity index (χ1n) is 6.22. The smallest absolute Gasteiger partial charge is 0.227 e. The van der Waals surface area contributed by atoms with Crippen LogP contribution in [0.4, 0.5) is 0 Å². The van der Waals surface area contributed by atoms with E-state index in [4.69, 9.17) is 9.47 Å². The van der Waals surface area contributed by atoms with Crippen LogP contribution in [0.15, 0.2) is 30.6 Å². The van der Waals surface area contributed by atoms with Gasteiger partial charge in [0.25, 0.3) is 0 Å². The second-order valence-corrected chi connectivity index (χ2v) is 4.31. The minimum atomic E-state index is 0.627. The van der Waals surface area contributed by atoms with Gasteiger partial charge in [-0.1, -0.05) is 0 Å². The first-order valence-corrected chi connectivity index (χ1v) is 6.22. The van der Waals surface area contributed by atoms with E-state index in [1.165, 1.54) is 0 Å². The molecule has 1 aromatic carbocycles. The predicted molar refractivity (Wildman–Crippen MR) is 70.5 cm³/mol.